The number of thioether (sulfide) groups is 1. The maximum Gasteiger partial charge on any atom is 0.258 e. The molecule has 0 bridgehead atoms. The summed E-state index contributed by atoms with van der Waals surface area (Å²) in [5.74, 6) is 0.475. The smallest absolute Gasteiger partial charge is 0.258 e. The van der Waals surface area contributed by atoms with Crippen molar-refractivity contribution < 1.29 is 14.3 Å². The van der Waals surface area contributed by atoms with E-state index in [9.17, 15) is 9.59 Å². The van der Waals surface area contributed by atoms with Crippen LogP contribution in [0.25, 0.3) is 10.2 Å². The third-order valence-electron chi connectivity index (χ3n) is 5.40. The van der Waals surface area contributed by atoms with Gasteiger partial charge in [-0.15, -0.1) is 11.8 Å². The third kappa shape index (κ3) is 6.66. The van der Waals surface area contributed by atoms with E-state index in [0.29, 0.717) is 36.4 Å². The Balaban J connectivity index is 1.65. The van der Waals surface area contributed by atoms with Gasteiger partial charge in [-0.3, -0.25) is 9.59 Å². The first-order valence-electron chi connectivity index (χ1n) is 10.8. The summed E-state index contributed by atoms with van der Waals surface area (Å²) in [6.07, 6.45) is 4.35. The van der Waals surface area contributed by atoms with Crippen molar-refractivity contribution in [1.82, 2.24) is 9.47 Å². The molecule has 2 heterocycles. The van der Waals surface area contributed by atoms with Crippen LogP contribution in [0.1, 0.15) is 39.5 Å². The Kier molecular flexibility index (Phi) is 9.62. The summed E-state index contributed by atoms with van der Waals surface area (Å²) in [6, 6.07) is 6.41. The molecule has 1 aliphatic rings. The molecule has 0 radical (unpaired) electrons. The van der Waals surface area contributed by atoms with Gasteiger partial charge in [-0.1, -0.05) is 34.2 Å². The van der Waals surface area contributed by atoms with Crippen LogP contribution in [0.15, 0.2) is 27.7 Å². The zero-order valence-electron chi connectivity index (χ0n) is 18.1. The number of aromatic nitrogens is 1. The Morgan fingerprint density at radius 2 is 2.13 bits per heavy atom. The number of halogens is 1. The van der Waals surface area contributed by atoms with Crippen molar-refractivity contribution in [2.75, 3.05) is 31.3 Å². The number of likely N-dealkylation sites (tertiary alicyclic amines) is 1. The van der Waals surface area contributed by atoms with Crippen molar-refractivity contribution in [3.05, 3.63) is 27.5 Å². The van der Waals surface area contributed by atoms with E-state index in [0.717, 1.165) is 40.5 Å². The van der Waals surface area contributed by atoms with Gasteiger partial charge in [0.25, 0.3) is 5.91 Å². The molecular weight excluding hydrogens is 498 g/mol. The minimum Gasteiger partial charge on any atom is -0.380 e. The largest absolute Gasteiger partial charge is 0.380 e. The molecule has 0 saturated carbocycles. The molecule has 0 spiro atoms. The van der Waals surface area contributed by atoms with Crippen LogP contribution < -0.4 is 4.80 Å². The average Bonchev–Trinajstić information content (AvgIpc) is 3.09. The van der Waals surface area contributed by atoms with Gasteiger partial charge in [0.15, 0.2) is 4.80 Å². The van der Waals surface area contributed by atoms with Gasteiger partial charge in [0.2, 0.25) is 5.91 Å². The zero-order valence-corrected chi connectivity index (χ0v) is 21.4. The average molecular weight is 529 g/mol. The third-order valence-corrected chi connectivity index (χ3v) is 7.83. The summed E-state index contributed by atoms with van der Waals surface area (Å²) in [4.78, 5) is 32.2. The first-order chi connectivity index (χ1) is 15.0. The number of thiazole rings is 1. The van der Waals surface area contributed by atoms with Crippen LogP contribution in [-0.2, 0) is 20.9 Å². The molecule has 1 fully saturated rings. The van der Waals surface area contributed by atoms with Crippen LogP contribution in [0.5, 0.6) is 0 Å². The number of amides is 2. The maximum absolute atomic E-state index is 12.6. The lowest BCUT2D eigenvalue weighted by Gasteiger charge is -2.35. The molecular formula is C22H30BrN3O3S2. The van der Waals surface area contributed by atoms with E-state index in [2.05, 4.69) is 27.8 Å². The van der Waals surface area contributed by atoms with E-state index < -0.39 is 0 Å². The quantitative estimate of drug-likeness (QED) is 0.451. The number of nitrogens with zero attached hydrogens (tertiary/aromatic N) is 3. The molecule has 31 heavy (non-hydrogen) atoms. The van der Waals surface area contributed by atoms with Crippen LogP contribution in [-0.4, -0.2) is 58.6 Å². The van der Waals surface area contributed by atoms with Crippen molar-refractivity contribution in [3.8, 4) is 0 Å². The lowest BCUT2D eigenvalue weighted by molar-refractivity contribution is -0.132. The molecule has 2 amide bonds. The lowest BCUT2D eigenvalue weighted by Crippen LogP contribution is -2.44. The predicted molar refractivity (Wildman–Crippen MR) is 132 cm³/mol. The van der Waals surface area contributed by atoms with E-state index in [-0.39, 0.29) is 17.6 Å². The molecule has 0 N–H and O–H groups in total. The highest BCUT2D eigenvalue weighted by Crippen LogP contribution is 2.23. The molecule has 0 aliphatic carbocycles. The van der Waals surface area contributed by atoms with Crippen LogP contribution >= 0.6 is 39.0 Å². The van der Waals surface area contributed by atoms with Crippen molar-refractivity contribution >= 4 is 61.1 Å². The minimum atomic E-state index is -0.209. The first kappa shape index (κ1) is 24.5. The molecule has 3 rings (SSSR count). The van der Waals surface area contributed by atoms with Crippen LogP contribution in [0.2, 0.25) is 0 Å². The topological polar surface area (TPSA) is 63.9 Å². The van der Waals surface area contributed by atoms with Gasteiger partial charge in [-0.05, 0) is 50.8 Å². The summed E-state index contributed by atoms with van der Waals surface area (Å²) in [7, 11) is 0. The fourth-order valence-electron chi connectivity index (χ4n) is 3.85. The Labute approximate surface area is 200 Å². The Morgan fingerprint density at radius 1 is 1.29 bits per heavy atom. The summed E-state index contributed by atoms with van der Waals surface area (Å²) < 4.78 is 9.60. The number of hydrogen-bond donors (Lipinski definition) is 0. The predicted octanol–water partition coefficient (Wildman–Crippen LogP) is 4.45. The van der Waals surface area contributed by atoms with Crippen molar-refractivity contribution in [2.24, 2.45) is 4.99 Å². The number of benzene rings is 1. The number of carbonyl (C=O) groups excluding carboxylic acids is 2. The highest BCUT2D eigenvalue weighted by molar-refractivity contribution is 9.10. The summed E-state index contributed by atoms with van der Waals surface area (Å²) >= 11 is 6.36. The van der Waals surface area contributed by atoms with Crippen LogP contribution in [0, 0.1) is 0 Å². The van der Waals surface area contributed by atoms with Crippen molar-refractivity contribution in [3.63, 3.8) is 0 Å². The Bertz CT molecular complexity index is 973. The molecule has 1 aromatic carbocycles. The van der Waals surface area contributed by atoms with Gasteiger partial charge in [-0.25, -0.2) is 0 Å². The standard InChI is InChI=1S/C22H30BrN3O3S2/c1-3-17-7-5-6-10-25(17)21(28)15-30-14-20(27)24-22-26(11-12-29-4-2)18-9-8-16(23)13-19(18)31-22/h8-9,13,17H,3-7,10-12,14-15H2,1-2H3. The fraction of sp³-hybridized carbons (Fsp3) is 0.591. The SMILES string of the molecule is CCOCCn1c(=NC(=O)CSCC(=O)N2CCCCC2CC)sc2cc(Br)ccc21. The second-order valence-electron chi connectivity index (χ2n) is 7.49. The summed E-state index contributed by atoms with van der Waals surface area (Å²) in [5, 5.41) is 0. The lowest BCUT2D eigenvalue weighted by atomic mass is 10.0. The van der Waals surface area contributed by atoms with E-state index >= 15 is 0 Å². The Hall–Kier alpha value is -1.16. The second-order valence-corrected chi connectivity index (χ2v) is 10.4. The monoisotopic (exact) mass is 527 g/mol. The van der Waals surface area contributed by atoms with E-state index in [1.807, 2.05) is 34.6 Å². The van der Waals surface area contributed by atoms with Gasteiger partial charge in [0.05, 0.1) is 28.3 Å². The molecule has 1 saturated heterocycles. The highest BCUT2D eigenvalue weighted by atomic mass is 79.9. The van der Waals surface area contributed by atoms with Gasteiger partial charge < -0.3 is 14.2 Å². The van der Waals surface area contributed by atoms with E-state index in [1.165, 1.54) is 29.5 Å². The number of fused-ring (bicyclic) bond motifs is 1. The normalized spacial score (nSPS) is 17.5. The summed E-state index contributed by atoms with van der Waals surface area (Å²) in [5.41, 5.74) is 1.04. The number of ether oxygens (including phenoxy) is 1. The number of rotatable bonds is 9. The number of hydrogen-bond acceptors (Lipinski definition) is 5. The molecule has 170 valence electrons. The van der Waals surface area contributed by atoms with Gasteiger partial charge in [0.1, 0.15) is 0 Å². The molecule has 1 atom stereocenters. The van der Waals surface area contributed by atoms with Gasteiger partial charge in [0, 0.05) is 30.2 Å². The van der Waals surface area contributed by atoms with Crippen molar-refractivity contribution in [1.29, 1.82) is 0 Å². The second kappa shape index (κ2) is 12.2. The number of piperidine rings is 1. The molecule has 2 aromatic rings. The Morgan fingerprint density at radius 3 is 2.90 bits per heavy atom. The zero-order chi connectivity index (χ0) is 22.2. The molecule has 1 aliphatic heterocycles. The van der Waals surface area contributed by atoms with Gasteiger partial charge >= 0.3 is 0 Å². The molecule has 1 aromatic heterocycles. The minimum absolute atomic E-state index is 0.142. The summed E-state index contributed by atoms with van der Waals surface area (Å²) in [6.45, 7) is 6.80. The van der Waals surface area contributed by atoms with E-state index in [1.54, 1.807) is 0 Å². The van der Waals surface area contributed by atoms with E-state index in [4.69, 9.17) is 4.74 Å². The van der Waals surface area contributed by atoms with Crippen LogP contribution in [0.4, 0.5) is 0 Å². The molecule has 1 unspecified atom stereocenters. The van der Waals surface area contributed by atoms with Gasteiger partial charge in [-0.2, -0.15) is 4.99 Å². The first-order valence-corrected chi connectivity index (χ1v) is 13.6. The van der Waals surface area contributed by atoms with Crippen molar-refractivity contribution in [2.45, 2.75) is 52.1 Å². The maximum atomic E-state index is 12.6. The fourth-order valence-corrected chi connectivity index (χ4v) is 6.16. The molecule has 6 nitrogen and oxygen atoms in total. The molecule has 9 heteroatoms. The highest BCUT2D eigenvalue weighted by Gasteiger charge is 2.25. The van der Waals surface area contributed by atoms with Crippen LogP contribution in [0.3, 0.4) is 0 Å². The number of carbonyl (C=O) groups is 2.